The molecule has 4 nitrogen and oxygen atoms in total. The molecule has 1 amide bonds. The minimum Gasteiger partial charge on any atom is -0.350 e. The number of nitrogens with zero attached hydrogens (tertiary/aromatic N) is 1. The largest absolute Gasteiger partial charge is 0.350 e. The fourth-order valence-electron chi connectivity index (χ4n) is 1.87. The minimum atomic E-state index is -0.171. The lowest BCUT2D eigenvalue weighted by molar-refractivity contribution is 0.0946. The summed E-state index contributed by atoms with van der Waals surface area (Å²) in [5.41, 5.74) is 7.32. The molecule has 0 aliphatic rings. The van der Waals surface area contributed by atoms with Crippen molar-refractivity contribution in [2.24, 2.45) is 5.73 Å². The molecule has 0 fully saturated rings. The van der Waals surface area contributed by atoms with Crippen LogP contribution in [-0.4, -0.2) is 24.0 Å². The maximum absolute atomic E-state index is 11.9. The van der Waals surface area contributed by atoms with Gasteiger partial charge >= 0.3 is 0 Å². The summed E-state index contributed by atoms with van der Waals surface area (Å²) < 4.78 is 0. The van der Waals surface area contributed by atoms with Crippen LogP contribution in [0.25, 0.3) is 0 Å². The third-order valence-corrected chi connectivity index (χ3v) is 2.96. The quantitative estimate of drug-likeness (QED) is 0.851. The highest BCUT2D eigenvalue weighted by Crippen LogP contribution is 2.12. The monoisotopic (exact) mass is 255 g/mol. The first kappa shape index (κ1) is 13.2. The van der Waals surface area contributed by atoms with Gasteiger partial charge in [0.2, 0.25) is 0 Å². The summed E-state index contributed by atoms with van der Waals surface area (Å²) in [6.45, 7) is 1.00. The van der Waals surface area contributed by atoms with E-state index in [9.17, 15) is 4.79 Å². The Balaban J connectivity index is 1.96. The molecule has 0 saturated heterocycles. The number of benzene rings is 1. The van der Waals surface area contributed by atoms with Gasteiger partial charge in [0.1, 0.15) is 5.69 Å². The summed E-state index contributed by atoms with van der Waals surface area (Å²) in [6.07, 6.45) is 1.60. The molecule has 0 radical (unpaired) electrons. The highest BCUT2D eigenvalue weighted by atomic mass is 16.1. The van der Waals surface area contributed by atoms with Crippen molar-refractivity contribution in [2.75, 3.05) is 13.1 Å². The second-order valence-electron chi connectivity index (χ2n) is 4.27. The van der Waals surface area contributed by atoms with Gasteiger partial charge in [-0.3, -0.25) is 9.78 Å². The van der Waals surface area contributed by atoms with Crippen molar-refractivity contribution in [3.8, 4) is 0 Å². The fourth-order valence-corrected chi connectivity index (χ4v) is 1.87. The highest BCUT2D eigenvalue weighted by Gasteiger charge is 2.12. The van der Waals surface area contributed by atoms with Crippen LogP contribution < -0.4 is 11.1 Å². The van der Waals surface area contributed by atoms with Crippen molar-refractivity contribution in [1.82, 2.24) is 10.3 Å². The molecule has 1 atom stereocenters. The van der Waals surface area contributed by atoms with Gasteiger partial charge < -0.3 is 11.1 Å². The van der Waals surface area contributed by atoms with Gasteiger partial charge in [-0.2, -0.15) is 0 Å². The number of carbonyl (C=O) groups excluding carboxylic acids is 1. The van der Waals surface area contributed by atoms with Crippen molar-refractivity contribution in [2.45, 2.75) is 5.92 Å². The third-order valence-electron chi connectivity index (χ3n) is 2.96. The molecule has 1 aromatic heterocycles. The molecule has 4 heteroatoms. The van der Waals surface area contributed by atoms with Gasteiger partial charge in [0, 0.05) is 25.2 Å². The van der Waals surface area contributed by atoms with Crippen LogP contribution in [0.4, 0.5) is 0 Å². The predicted molar refractivity (Wildman–Crippen MR) is 74.8 cm³/mol. The van der Waals surface area contributed by atoms with Gasteiger partial charge in [0.05, 0.1) is 0 Å². The van der Waals surface area contributed by atoms with Crippen molar-refractivity contribution in [3.63, 3.8) is 0 Å². The SMILES string of the molecule is NCC(CNC(=O)c1ccccn1)c1ccccc1. The molecule has 3 N–H and O–H groups in total. The van der Waals surface area contributed by atoms with Gasteiger partial charge in [0.15, 0.2) is 0 Å². The lowest BCUT2D eigenvalue weighted by atomic mass is 9.99. The molecule has 0 bridgehead atoms. The summed E-state index contributed by atoms with van der Waals surface area (Å²) in [4.78, 5) is 15.9. The van der Waals surface area contributed by atoms with E-state index in [1.807, 2.05) is 30.3 Å². The lowest BCUT2D eigenvalue weighted by Crippen LogP contribution is -2.31. The summed E-state index contributed by atoms with van der Waals surface area (Å²) in [7, 11) is 0. The number of nitrogens with one attached hydrogen (secondary N) is 1. The zero-order valence-corrected chi connectivity index (χ0v) is 10.6. The van der Waals surface area contributed by atoms with Gasteiger partial charge in [0.25, 0.3) is 5.91 Å². The molecular formula is C15H17N3O. The molecule has 0 aliphatic heterocycles. The van der Waals surface area contributed by atoms with Gasteiger partial charge in [-0.15, -0.1) is 0 Å². The summed E-state index contributed by atoms with van der Waals surface area (Å²) >= 11 is 0. The van der Waals surface area contributed by atoms with E-state index in [1.165, 1.54) is 0 Å². The molecule has 1 aromatic carbocycles. The highest BCUT2D eigenvalue weighted by molar-refractivity contribution is 5.92. The molecule has 2 rings (SSSR count). The average molecular weight is 255 g/mol. The molecule has 2 aromatic rings. The van der Waals surface area contributed by atoms with E-state index in [0.717, 1.165) is 5.56 Å². The Morgan fingerprint density at radius 3 is 2.53 bits per heavy atom. The third kappa shape index (κ3) is 3.63. The van der Waals surface area contributed by atoms with E-state index in [2.05, 4.69) is 10.3 Å². The normalized spacial score (nSPS) is 11.8. The Hall–Kier alpha value is -2.20. The van der Waals surface area contributed by atoms with Crippen LogP contribution in [0.15, 0.2) is 54.7 Å². The maximum atomic E-state index is 11.9. The van der Waals surface area contributed by atoms with Crippen LogP contribution in [0.3, 0.4) is 0 Å². The Bertz CT molecular complexity index is 513. The molecule has 0 aliphatic carbocycles. The number of amides is 1. The van der Waals surface area contributed by atoms with Crippen molar-refractivity contribution >= 4 is 5.91 Å². The zero-order chi connectivity index (χ0) is 13.5. The zero-order valence-electron chi connectivity index (χ0n) is 10.6. The summed E-state index contributed by atoms with van der Waals surface area (Å²) in [5, 5.41) is 2.87. The van der Waals surface area contributed by atoms with E-state index in [0.29, 0.717) is 18.8 Å². The Kier molecular flexibility index (Phi) is 4.64. The first-order valence-electron chi connectivity index (χ1n) is 6.25. The number of nitrogens with two attached hydrogens (primary N) is 1. The van der Waals surface area contributed by atoms with Crippen LogP contribution in [-0.2, 0) is 0 Å². The molecule has 1 unspecified atom stereocenters. The van der Waals surface area contributed by atoms with Crippen molar-refractivity contribution in [1.29, 1.82) is 0 Å². The van der Waals surface area contributed by atoms with E-state index in [4.69, 9.17) is 5.73 Å². The number of carbonyl (C=O) groups is 1. The number of hydrogen-bond donors (Lipinski definition) is 2. The van der Waals surface area contributed by atoms with E-state index in [1.54, 1.807) is 24.4 Å². The van der Waals surface area contributed by atoms with Crippen LogP contribution >= 0.6 is 0 Å². The van der Waals surface area contributed by atoms with Crippen LogP contribution in [0, 0.1) is 0 Å². The summed E-state index contributed by atoms with van der Waals surface area (Å²) in [5.74, 6) is -0.0520. The fraction of sp³-hybridized carbons (Fsp3) is 0.200. The first-order valence-corrected chi connectivity index (χ1v) is 6.25. The Morgan fingerprint density at radius 1 is 1.16 bits per heavy atom. The Morgan fingerprint density at radius 2 is 1.89 bits per heavy atom. The van der Waals surface area contributed by atoms with Gasteiger partial charge in [-0.05, 0) is 17.7 Å². The lowest BCUT2D eigenvalue weighted by Gasteiger charge is -2.15. The minimum absolute atomic E-state index is 0.119. The second kappa shape index (κ2) is 6.66. The maximum Gasteiger partial charge on any atom is 0.269 e. The second-order valence-corrected chi connectivity index (χ2v) is 4.27. The van der Waals surface area contributed by atoms with Crippen LogP contribution in [0.2, 0.25) is 0 Å². The number of hydrogen-bond acceptors (Lipinski definition) is 3. The van der Waals surface area contributed by atoms with Gasteiger partial charge in [-0.25, -0.2) is 0 Å². The molecular weight excluding hydrogens is 238 g/mol. The van der Waals surface area contributed by atoms with Crippen LogP contribution in [0.5, 0.6) is 0 Å². The predicted octanol–water partition coefficient (Wildman–Crippen LogP) is 1.55. The van der Waals surface area contributed by atoms with Gasteiger partial charge in [-0.1, -0.05) is 36.4 Å². The molecule has 0 saturated carbocycles. The van der Waals surface area contributed by atoms with Crippen molar-refractivity contribution < 1.29 is 4.79 Å². The molecule has 0 spiro atoms. The topological polar surface area (TPSA) is 68.0 Å². The first-order chi connectivity index (χ1) is 9.31. The Labute approximate surface area is 112 Å². The van der Waals surface area contributed by atoms with Crippen molar-refractivity contribution in [3.05, 3.63) is 66.0 Å². The number of rotatable bonds is 5. The number of aromatic nitrogens is 1. The van der Waals surface area contributed by atoms with E-state index >= 15 is 0 Å². The molecule has 98 valence electrons. The standard InChI is InChI=1S/C15H17N3O/c16-10-13(12-6-2-1-3-7-12)11-18-15(19)14-8-4-5-9-17-14/h1-9,13H,10-11,16H2,(H,18,19). The number of pyridine rings is 1. The van der Waals surface area contributed by atoms with Crippen LogP contribution in [0.1, 0.15) is 22.0 Å². The molecule has 19 heavy (non-hydrogen) atoms. The summed E-state index contributed by atoms with van der Waals surface area (Å²) in [6, 6.07) is 15.2. The molecule has 1 heterocycles. The average Bonchev–Trinajstić information content (AvgIpc) is 2.49. The van der Waals surface area contributed by atoms with E-state index in [-0.39, 0.29) is 11.8 Å². The smallest absolute Gasteiger partial charge is 0.269 e. The van der Waals surface area contributed by atoms with E-state index < -0.39 is 0 Å².